The molecule has 0 spiro atoms. The molecule has 0 unspecified atom stereocenters. The number of rotatable bonds is 5. The molecule has 2 nitrogen and oxygen atoms in total. The van der Waals surface area contributed by atoms with Crippen LogP contribution in [0.15, 0.2) is 84.9 Å². The van der Waals surface area contributed by atoms with Crippen molar-refractivity contribution >= 4 is 16.2 Å². The fraction of sp³-hybridized carbons (Fsp3) is 0.136. The van der Waals surface area contributed by atoms with Gasteiger partial charge in [0.15, 0.2) is 0 Å². The summed E-state index contributed by atoms with van der Waals surface area (Å²) in [5, 5.41) is 0. The van der Waals surface area contributed by atoms with E-state index in [1.54, 1.807) is 0 Å². The quantitative estimate of drug-likeness (QED) is 0.638. The van der Waals surface area contributed by atoms with Crippen molar-refractivity contribution in [2.45, 2.75) is 20.0 Å². The van der Waals surface area contributed by atoms with Crippen molar-refractivity contribution in [1.29, 1.82) is 0 Å². The second-order valence-corrected chi connectivity index (χ2v) is 6.58. The van der Waals surface area contributed by atoms with Crippen molar-refractivity contribution in [3.63, 3.8) is 0 Å². The van der Waals surface area contributed by atoms with E-state index in [4.69, 9.17) is 0 Å². The molecule has 0 saturated heterocycles. The molecule has 0 aliphatic rings. The van der Waals surface area contributed by atoms with Crippen LogP contribution in [0.5, 0.6) is 0 Å². The molecule has 3 aromatic rings. The maximum Gasteiger partial charge on any atom is 0.120 e. The summed E-state index contributed by atoms with van der Waals surface area (Å²) in [5.74, 6) is 0. The summed E-state index contributed by atoms with van der Waals surface area (Å²) in [6.07, 6.45) is 0. The summed E-state index contributed by atoms with van der Waals surface area (Å²) < 4.78 is 12.0. The molecular weight excluding hydrogens is 326 g/mol. The highest BCUT2D eigenvalue weighted by Gasteiger charge is 2.17. The van der Waals surface area contributed by atoms with Crippen molar-refractivity contribution in [2.24, 2.45) is 0 Å². The standard InChI is InChI=1S/C22H21NOS/c1-18-10-8-9-15-21(18)22(25-24)23(16-19-11-4-2-5-12-19)17-20-13-6-3-7-14-20/h2-15H,16-17H2,1H3. The Morgan fingerprint density at radius 3 is 1.72 bits per heavy atom. The zero-order valence-corrected chi connectivity index (χ0v) is 15.1. The summed E-state index contributed by atoms with van der Waals surface area (Å²) in [6.45, 7) is 3.46. The number of hydrogen-bond donors (Lipinski definition) is 0. The largest absolute Gasteiger partial charge is 0.255 e. The smallest absolute Gasteiger partial charge is 0.120 e. The Labute approximate surface area is 152 Å². The highest BCUT2D eigenvalue weighted by molar-refractivity contribution is 7.66. The molecule has 0 amide bonds. The molecular formula is C22H21NOS. The van der Waals surface area contributed by atoms with Crippen molar-refractivity contribution in [3.05, 3.63) is 107 Å². The van der Waals surface area contributed by atoms with Gasteiger partial charge in [-0.25, -0.2) is 4.21 Å². The summed E-state index contributed by atoms with van der Waals surface area (Å²) >= 11 is 0.576. The predicted octanol–water partition coefficient (Wildman–Crippen LogP) is 4.39. The molecule has 0 saturated carbocycles. The Morgan fingerprint density at radius 1 is 0.760 bits per heavy atom. The number of hydrogen-bond acceptors (Lipinski definition) is 1. The Balaban J connectivity index is 1.97. The summed E-state index contributed by atoms with van der Waals surface area (Å²) in [4.78, 5) is 2.94. The monoisotopic (exact) mass is 347 g/mol. The van der Waals surface area contributed by atoms with E-state index >= 15 is 0 Å². The fourth-order valence-electron chi connectivity index (χ4n) is 2.89. The molecule has 0 radical (unpaired) electrons. The molecule has 0 atom stereocenters. The van der Waals surface area contributed by atoms with Gasteiger partial charge in [-0.3, -0.25) is 4.90 Å². The molecule has 0 fully saturated rings. The van der Waals surface area contributed by atoms with E-state index in [0.717, 1.165) is 16.1 Å². The lowest BCUT2D eigenvalue weighted by molar-refractivity contribution is 0.414. The lowest BCUT2D eigenvalue weighted by Crippen LogP contribution is -2.31. The van der Waals surface area contributed by atoms with Gasteiger partial charge in [-0.1, -0.05) is 84.9 Å². The Kier molecular flexibility index (Phi) is 5.94. The fourth-order valence-corrected chi connectivity index (χ4v) is 3.44. The van der Waals surface area contributed by atoms with Crippen LogP contribution in [0, 0.1) is 6.92 Å². The molecule has 3 rings (SSSR count). The third-order valence-electron chi connectivity index (χ3n) is 4.17. The topological polar surface area (TPSA) is 20.3 Å². The molecule has 0 aliphatic carbocycles. The zero-order chi connectivity index (χ0) is 17.5. The maximum absolute atomic E-state index is 12.0. The minimum Gasteiger partial charge on any atom is -0.255 e. The molecule has 25 heavy (non-hydrogen) atoms. The highest BCUT2D eigenvalue weighted by Crippen LogP contribution is 2.16. The molecule has 126 valence electrons. The SMILES string of the molecule is Cc1ccccc1C(=S=O)N(Cc1ccccc1)Cc1ccccc1. The zero-order valence-electron chi connectivity index (χ0n) is 14.3. The van der Waals surface area contributed by atoms with Crippen LogP contribution in [0.4, 0.5) is 0 Å². The minimum absolute atomic E-state index is 0.576. The first-order valence-electron chi connectivity index (χ1n) is 8.33. The Hall–Kier alpha value is -2.49. The Bertz CT molecular complexity index is 829. The summed E-state index contributed by atoms with van der Waals surface area (Å²) in [6, 6.07) is 28.6. The number of nitrogens with zero attached hydrogens (tertiary/aromatic N) is 1. The number of benzene rings is 3. The lowest BCUT2D eigenvalue weighted by atomic mass is 10.1. The number of aryl methyl sites for hydroxylation is 1. The predicted molar refractivity (Wildman–Crippen MR) is 106 cm³/mol. The minimum atomic E-state index is 0.576. The molecule has 0 aromatic heterocycles. The van der Waals surface area contributed by atoms with Gasteiger partial charge in [0.05, 0.1) is 0 Å². The van der Waals surface area contributed by atoms with Gasteiger partial charge >= 0.3 is 0 Å². The molecule has 0 aliphatic heterocycles. The first kappa shape index (κ1) is 17.3. The van der Waals surface area contributed by atoms with Crippen LogP contribution >= 0.6 is 0 Å². The van der Waals surface area contributed by atoms with Crippen LogP contribution in [0.2, 0.25) is 0 Å². The molecule has 0 heterocycles. The van der Waals surface area contributed by atoms with Crippen molar-refractivity contribution in [2.75, 3.05) is 0 Å². The third kappa shape index (κ3) is 4.53. The van der Waals surface area contributed by atoms with Crippen LogP contribution in [0.1, 0.15) is 22.3 Å². The average molecular weight is 347 g/mol. The highest BCUT2D eigenvalue weighted by atomic mass is 32.1. The lowest BCUT2D eigenvalue weighted by Gasteiger charge is -2.24. The van der Waals surface area contributed by atoms with E-state index in [1.807, 2.05) is 54.6 Å². The van der Waals surface area contributed by atoms with E-state index in [1.165, 1.54) is 11.1 Å². The van der Waals surface area contributed by atoms with Gasteiger partial charge in [0, 0.05) is 18.7 Å². The van der Waals surface area contributed by atoms with Gasteiger partial charge in [0.2, 0.25) is 0 Å². The maximum atomic E-state index is 12.0. The molecule has 0 N–H and O–H groups in total. The van der Waals surface area contributed by atoms with E-state index in [-0.39, 0.29) is 0 Å². The van der Waals surface area contributed by atoms with Gasteiger partial charge < -0.3 is 0 Å². The van der Waals surface area contributed by atoms with Crippen LogP contribution in [0.25, 0.3) is 0 Å². The van der Waals surface area contributed by atoms with E-state index < -0.39 is 0 Å². The molecule has 3 aromatic carbocycles. The first-order chi connectivity index (χ1) is 12.3. The van der Waals surface area contributed by atoms with E-state index in [9.17, 15) is 4.21 Å². The van der Waals surface area contributed by atoms with Gasteiger partial charge in [-0.05, 0) is 23.6 Å². The van der Waals surface area contributed by atoms with Gasteiger partial charge in [-0.15, -0.1) is 0 Å². The van der Waals surface area contributed by atoms with Crippen molar-refractivity contribution in [3.8, 4) is 0 Å². The van der Waals surface area contributed by atoms with Crippen molar-refractivity contribution in [1.82, 2.24) is 4.90 Å². The van der Waals surface area contributed by atoms with Crippen LogP contribution in [-0.2, 0) is 24.3 Å². The average Bonchev–Trinajstić information content (AvgIpc) is 2.65. The van der Waals surface area contributed by atoms with Crippen LogP contribution < -0.4 is 0 Å². The van der Waals surface area contributed by atoms with Gasteiger partial charge in [0.1, 0.15) is 16.2 Å². The van der Waals surface area contributed by atoms with E-state index in [2.05, 4.69) is 42.2 Å². The molecule has 0 bridgehead atoms. The van der Waals surface area contributed by atoms with Gasteiger partial charge in [-0.2, -0.15) is 0 Å². The van der Waals surface area contributed by atoms with E-state index in [0.29, 0.717) is 24.3 Å². The Morgan fingerprint density at radius 2 is 1.24 bits per heavy atom. The first-order valence-corrected chi connectivity index (χ1v) is 9.07. The third-order valence-corrected chi connectivity index (χ3v) is 4.81. The second-order valence-electron chi connectivity index (χ2n) is 6.03. The molecule has 3 heteroatoms. The summed E-state index contributed by atoms with van der Waals surface area (Å²) in [7, 11) is 0. The van der Waals surface area contributed by atoms with Crippen LogP contribution in [-0.4, -0.2) is 14.1 Å². The van der Waals surface area contributed by atoms with Crippen molar-refractivity contribution < 1.29 is 4.21 Å². The second kappa shape index (κ2) is 8.56. The van der Waals surface area contributed by atoms with Gasteiger partial charge in [0.25, 0.3) is 0 Å². The van der Waals surface area contributed by atoms with Crippen LogP contribution in [0.3, 0.4) is 0 Å². The normalized spacial score (nSPS) is 10.6. The summed E-state index contributed by atoms with van der Waals surface area (Å²) in [5.41, 5.74) is 4.51.